The van der Waals surface area contributed by atoms with Crippen LogP contribution in [0.2, 0.25) is 5.02 Å². The first-order chi connectivity index (χ1) is 12.0. The molecule has 0 fully saturated rings. The van der Waals surface area contributed by atoms with Gasteiger partial charge < -0.3 is 0 Å². The van der Waals surface area contributed by atoms with Crippen LogP contribution in [0.15, 0.2) is 41.3 Å². The lowest BCUT2D eigenvalue weighted by atomic mass is 10.2. The zero-order valence-electron chi connectivity index (χ0n) is 13.6. The Morgan fingerprint density at radius 1 is 1.40 bits per heavy atom. The molecular weight excluding hydrogens is 408 g/mol. The van der Waals surface area contributed by atoms with Gasteiger partial charge in [0.15, 0.2) is 0 Å². The summed E-state index contributed by atoms with van der Waals surface area (Å²) >= 11 is 9.53. The molecule has 130 valence electrons. The number of carbonyl (C=O) groups is 1. The summed E-state index contributed by atoms with van der Waals surface area (Å²) in [5.74, 6) is 0.00183. The van der Waals surface area contributed by atoms with Crippen molar-refractivity contribution in [1.29, 1.82) is 0 Å². The van der Waals surface area contributed by atoms with Gasteiger partial charge >= 0.3 is 0 Å². The molecule has 1 unspecified atom stereocenters. The quantitative estimate of drug-likeness (QED) is 0.682. The first kappa shape index (κ1) is 17.6. The number of anilines is 1. The summed E-state index contributed by atoms with van der Waals surface area (Å²) in [6.07, 6.45) is 3.22. The van der Waals surface area contributed by atoms with Crippen LogP contribution in [0.4, 0.5) is 5.95 Å². The molecule has 9 heteroatoms. The maximum atomic E-state index is 12.4. The molecule has 3 rings (SSSR count). The first-order valence-electron chi connectivity index (χ1n) is 7.59. The summed E-state index contributed by atoms with van der Waals surface area (Å²) in [4.78, 5) is 16.5. The molecule has 0 saturated heterocycles. The third-order valence-corrected chi connectivity index (χ3v) is 4.94. The van der Waals surface area contributed by atoms with Gasteiger partial charge in [-0.1, -0.05) is 29.8 Å². The lowest BCUT2D eigenvalue weighted by Gasteiger charge is -2.13. The Kier molecular flexibility index (Phi) is 5.19. The van der Waals surface area contributed by atoms with Crippen LogP contribution in [0.1, 0.15) is 24.2 Å². The van der Waals surface area contributed by atoms with E-state index >= 15 is 0 Å². The molecule has 1 atom stereocenters. The predicted octanol–water partition coefficient (Wildman–Crippen LogP) is 3.45. The minimum atomic E-state index is -0.484. The lowest BCUT2D eigenvalue weighted by Crippen LogP contribution is -2.25. The van der Waals surface area contributed by atoms with Gasteiger partial charge in [0.05, 0.1) is 22.9 Å². The topological polar surface area (TPSA) is 77.6 Å². The molecule has 0 aliphatic heterocycles. The highest BCUT2D eigenvalue weighted by atomic mass is 79.9. The molecule has 1 N–H and O–H groups in total. The van der Waals surface area contributed by atoms with Gasteiger partial charge in [-0.25, -0.2) is 9.67 Å². The summed E-state index contributed by atoms with van der Waals surface area (Å²) in [6, 6.07) is 7.04. The monoisotopic (exact) mass is 422 g/mol. The Morgan fingerprint density at radius 3 is 2.84 bits per heavy atom. The average Bonchev–Trinajstić information content (AvgIpc) is 3.16. The van der Waals surface area contributed by atoms with Gasteiger partial charge in [-0.05, 0) is 41.4 Å². The molecule has 0 aliphatic carbocycles. The number of amides is 1. The van der Waals surface area contributed by atoms with Crippen molar-refractivity contribution in [3.63, 3.8) is 0 Å². The standard InChI is InChI=1S/C16H16BrClN6O/c1-10-13(17)7-20-24(10)11(2)15(25)21-16-19-9-23(22-16)8-12-5-3-4-6-14(12)18/h3-7,9,11H,8H2,1-2H3,(H,21,22,25). The smallest absolute Gasteiger partial charge is 0.251 e. The largest absolute Gasteiger partial charge is 0.291 e. The molecule has 0 radical (unpaired) electrons. The molecule has 3 aromatic rings. The molecule has 7 nitrogen and oxygen atoms in total. The van der Waals surface area contributed by atoms with Crippen molar-refractivity contribution in [3.8, 4) is 0 Å². The summed E-state index contributed by atoms with van der Waals surface area (Å²) in [5.41, 5.74) is 1.80. The van der Waals surface area contributed by atoms with E-state index in [1.54, 1.807) is 28.8 Å². The fourth-order valence-electron chi connectivity index (χ4n) is 2.35. The number of aromatic nitrogens is 5. The van der Waals surface area contributed by atoms with Crippen LogP contribution in [0, 0.1) is 6.92 Å². The number of nitrogens with one attached hydrogen (secondary N) is 1. The van der Waals surface area contributed by atoms with E-state index in [0.717, 1.165) is 15.7 Å². The van der Waals surface area contributed by atoms with E-state index in [1.165, 1.54) is 0 Å². The number of hydrogen-bond donors (Lipinski definition) is 1. The van der Waals surface area contributed by atoms with Crippen LogP contribution in [-0.2, 0) is 11.3 Å². The van der Waals surface area contributed by atoms with Gasteiger partial charge in [0.1, 0.15) is 12.4 Å². The van der Waals surface area contributed by atoms with Gasteiger partial charge in [-0.15, -0.1) is 5.10 Å². The number of benzene rings is 1. The van der Waals surface area contributed by atoms with Gasteiger partial charge in [0.2, 0.25) is 5.95 Å². The fourth-order valence-corrected chi connectivity index (χ4v) is 2.82. The zero-order valence-corrected chi connectivity index (χ0v) is 16.0. The van der Waals surface area contributed by atoms with E-state index < -0.39 is 6.04 Å². The summed E-state index contributed by atoms with van der Waals surface area (Å²) in [7, 11) is 0. The molecular formula is C16H16BrClN6O. The number of carbonyl (C=O) groups excluding carboxylic acids is 1. The third-order valence-electron chi connectivity index (χ3n) is 3.79. The van der Waals surface area contributed by atoms with E-state index in [9.17, 15) is 4.79 Å². The highest BCUT2D eigenvalue weighted by molar-refractivity contribution is 9.10. The number of rotatable bonds is 5. The maximum absolute atomic E-state index is 12.4. The summed E-state index contributed by atoms with van der Waals surface area (Å²) in [6.45, 7) is 4.13. The Bertz CT molecular complexity index is 906. The second kappa shape index (κ2) is 7.37. The molecule has 0 spiro atoms. The van der Waals surface area contributed by atoms with Crippen LogP contribution >= 0.6 is 27.5 Å². The zero-order chi connectivity index (χ0) is 18.0. The van der Waals surface area contributed by atoms with Crippen LogP contribution in [0.25, 0.3) is 0 Å². The molecule has 1 amide bonds. The predicted molar refractivity (Wildman–Crippen MR) is 98.6 cm³/mol. The number of halogens is 2. The molecule has 0 aliphatic rings. The molecule has 2 heterocycles. The highest BCUT2D eigenvalue weighted by Crippen LogP contribution is 2.19. The number of hydrogen-bond acceptors (Lipinski definition) is 4. The van der Waals surface area contributed by atoms with Gasteiger partial charge in [0, 0.05) is 5.02 Å². The van der Waals surface area contributed by atoms with Crippen molar-refractivity contribution >= 4 is 39.4 Å². The third kappa shape index (κ3) is 3.91. The Morgan fingerprint density at radius 2 is 2.16 bits per heavy atom. The average molecular weight is 424 g/mol. The van der Waals surface area contributed by atoms with Crippen LogP contribution in [0.5, 0.6) is 0 Å². The van der Waals surface area contributed by atoms with E-state index in [1.807, 2.05) is 31.2 Å². The van der Waals surface area contributed by atoms with Crippen molar-refractivity contribution in [3.05, 3.63) is 57.5 Å². The molecule has 0 bridgehead atoms. The molecule has 2 aromatic heterocycles. The van der Waals surface area contributed by atoms with E-state index in [2.05, 4.69) is 36.4 Å². The van der Waals surface area contributed by atoms with E-state index in [4.69, 9.17) is 11.6 Å². The highest BCUT2D eigenvalue weighted by Gasteiger charge is 2.20. The Balaban J connectivity index is 1.68. The minimum absolute atomic E-state index is 0.241. The fraction of sp³-hybridized carbons (Fsp3) is 0.250. The van der Waals surface area contributed by atoms with Crippen molar-refractivity contribution in [2.75, 3.05) is 5.32 Å². The first-order valence-corrected chi connectivity index (χ1v) is 8.76. The molecule has 1 aromatic carbocycles. The van der Waals surface area contributed by atoms with Gasteiger partial charge in [0.25, 0.3) is 5.91 Å². The van der Waals surface area contributed by atoms with Crippen molar-refractivity contribution in [2.24, 2.45) is 0 Å². The van der Waals surface area contributed by atoms with Crippen LogP contribution in [-0.4, -0.2) is 30.5 Å². The molecule has 0 saturated carbocycles. The lowest BCUT2D eigenvalue weighted by molar-refractivity contribution is -0.119. The Hall–Kier alpha value is -2.19. The Labute approximate surface area is 158 Å². The van der Waals surface area contributed by atoms with Crippen molar-refractivity contribution in [2.45, 2.75) is 26.4 Å². The van der Waals surface area contributed by atoms with Crippen molar-refractivity contribution in [1.82, 2.24) is 24.5 Å². The second-order valence-electron chi connectivity index (χ2n) is 5.54. The number of nitrogens with zero attached hydrogens (tertiary/aromatic N) is 5. The minimum Gasteiger partial charge on any atom is -0.291 e. The SMILES string of the molecule is Cc1c(Br)cnn1C(C)C(=O)Nc1ncn(Cc2ccccc2Cl)n1. The van der Waals surface area contributed by atoms with Gasteiger partial charge in [-0.3, -0.25) is 14.8 Å². The van der Waals surface area contributed by atoms with Crippen LogP contribution in [0.3, 0.4) is 0 Å². The molecule has 25 heavy (non-hydrogen) atoms. The van der Waals surface area contributed by atoms with Crippen LogP contribution < -0.4 is 5.32 Å². The van der Waals surface area contributed by atoms with Crippen molar-refractivity contribution < 1.29 is 4.79 Å². The summed E-state index contributed by atoms with van der Waals surface area (Å²) < 4.78 is 4.12. The van der Waals surface area contributed by atoms with E-state index in [0.29, 0.717) is 11.6 Å². The normalized spacial score (nSPS) is 12.2. The summed E-state index contributed by atoms with van der Waals surface area (Å²) in [5, 5.41) is 11.8. The van der Waals surface area contributed by atoms with Gasteiger partial charge in [-0.2, -0.15) is 5.10 Å². The van der Waals surface area contributed by atoms with E-state index in [-0.39, 0.29) is 11.9 Å². The maximum Gasteiger partial charge on any atom is 0.251 e. The second-order valence-corrected chi connectivity index (χ2v) is 6.81.